The number of piperidine rings is 1. The first-order chi connectivity index (χ1) is 8.15. The zero-order chi connectivity index (χ0) is 12.3. The van der Waals surface area contributed by atoms with Crippen molar-refractivity contribution < 1.29 is 4.79 Å². The van der Waals surface area contributed by atoms with E-state index >= 15 is 0 Å². The molecule has 2 unspecified atom stereocenters. The summed E-state index contributed by atoms with van der Waals surface area (Å²) >= 11 is 0. The third kappa shape index (κ3) is 3.22. The molecular formula is C14H20N2O. The van der Waals surface area contributed by atoms with Crippen LogP contribution in [0.2, 0.25) is 0 Å². The van der Waals surface area contributed by atoms with E-state index in [2.05, 4.69) is 19.2 Å². The standard InChI is InChI=1S/C14H20N2O/c1-11-8-12(2)10-16(9-11)14(17)15-13-6-4-3-5-7-13/h3-7,11-12H,8-10H2,1-2H3,(H,15,17). The number of nitrogens with zero attached hydrogens (tertiary/aromatic N) is 1. The first kappa shape index (κ1) is 12.0. The molecule has 1 aliphatic heterocycles. The molecule has 3 heteroatoms. The molecule has 0 spiro atoms. The zero-order valence-corrected chi connectivity index (χ0v) is 10.5. The number of likely N-dealkylation sites (tertiary alicyclic amines) is 1. The molecule has 2 rings (SSSR count). The highest BCUT2D eigenvalue weighted by Gasteiger charge is 2.25. The number of rotatable bonds is 1. The van der Waals surface area contributed by atoms with Gasteiger partial charge in [-0.15, -0.1) is 0 Å². The molecule has 92 valence electrons. The van der Waals surface area contributed by atoms with E-state index in [1.54, 1.807) is 0 Å². The Morgan fingerprint density at radius 3 is 2.35 bits per heavy atom. The van der Waals surface area contributed by atoms with E-state index < -0.39 is 0 Å². The molecule has 0 aliphatic carbocycles. The second kappa shape index (κ2) is 5.21. The van der Waals surface area contributed by atoms with Gasteiger partial charge < -0.3 is 10.2 Å². The van der Waals surface area contributed by atoms with Crippen LogP contribution in [0, 0.1) is 11.8 Å². The lowest BCUT2D eigenvalue weighted by Crippen LogP contribution is -2.44. The number of hydrogen-bond donors (Lipinski definition) is 1. The third-order valence-corrected chi connectivity index (χ3v) is 3.18. The lowest BCUT2D eigenvalue weighted by Gasteiger charge is -2.34. The van der Waals surface area contributed by atoms with Gasteiger partial charge >= 0.3 is 6.03 Å². The van der Waals surface area contributed by atoms with Gasteiger partial charge in [-0.1, -0.05) is 32.0 Å². The van der Waals surface area contributed by atoms with Crippen LogP contribution in [0.4, 0.5) is 10.5 Å². The first-order valence-corrected chi connectivity index (χ1v) is 6.26. The van der Waals surface area contributed by atoms with Gasteiger partial charge in [-0.05, 0) is 30.4 Å². The van der Waals surface area contributed by atoms with Crippen LogP contribution in [0.3, 0.4) is 0 Å². The first-order valence-electron chi connectivity index (χ1n) is 6.26. The molecule has 1 heterocycles. The van der Waals surface area contributed by atoms with E-state index in [0.29, 0.717) is 11.8 Å². The number of benzene rings is 1. The minimum absolute atomic E-state index is 0.0228. The van der Waals surface area contributed by atoms with E-state index in [-0.39, 0.29) is 6.03 Å². The van der Waals surface area contributed by atoms with Crippen LogP contribution in [-0.4, -0.2) is 24.0 Å². The Kier molecular flexibility index (Phi) is 3.67. The summed E-state index contributed by atoms with van der Waals surface area (Å²) in [7, 11) is 0. The van der Waals surface area contributed by atoms with E-state index in [9.17, 15) is 4.79 Å². The van der Waals surface area contributed by atoms with Crippen molar-refractivity contribution in [2.24, 2.45) is 11.8 Å². The number of carbonyl (C=O) groups excluding carboxylic acids is 1. The molecular weight excluding hydrogens is 212 g/mol. The number of carbonyl (C=O) groups is 1. The predicted octanol–water partition coefficient (Wildman–Crippen LogP) is 3.20. The van der Waals surface area contributed by atoms with Gasteiger partial charge in [-0.2, -0.15) is 0 Å². The van der Waals surface area contributed by atoms with Crippen LogP contribution in [0.1, 0.15) is 20.3 Å². The maximum atomic E-state index is 12.1. The molecule has 0 radical (unpaired) electrons. The van der Waals surface area contributed by atoms with Gasteiger partial charge in [-0.25, -0.2) is 4.79 Å². The highest BCUT2D eigenvalue weighted by molar-refractivity contribution is 5.89. The van der Waals surface area contributed by atoms with E-state index in [0.717, 1.165) is 18.8 Å². The summed E-state index contributed by atoms with van der Waals surface area (Å²) in [6.07, 6.45) is 1.22. The molecule has 1 fully saturated rings. The Hall–Kier alpha value is -1.51. The summed E-state index contributed by atoms with van der Waals surface area (Å²) < 4.78 is 0. The number of para-hydroxylation sites is 1. The van der Waals surface area contributed by atoms with Crippen molar-refractivity contribution in [3.63, 3.8) is 0 Å². The molecule has 1 aromatic rings. The Morgan fingerprint density at radius 1 is 1.18 bits per heavy atom. The Labute approximate surface area is 103 Å². The molecule has 2 amide bonds. The Bertz CT molecular complexity index is 367. The van der Waals surface area contributed by atoms with Crippen LogP contribution in [0.15, 0.2) is 30.3 Å². The maximum Gasteiger partial charge on any atom is 0.321 e. The summed E-state index contributed by atoms with van der Waals surface area (Å²) in [5.41, 5.74) is 0.864. The van der Waals surface area contributed by atoms with Gasteiger partial charge in [0.25, 0.3) is 0 Å². The second-order valence-electron chi connectivity index (χ2n) is 5.15. The van der Waals surface area contributed by atoms with Crippen molar-refractivity contribution in [1.82, 2.24) is 4.90 Å². The normalized spacial score (nSPS) is 24.5. The molecule has 0 aromatic heterocycles. The lowest BCUT2D eigenvalue weighted by molar-refractivity contribution is 0.156. The van der Waals surface area contributed by atoms with Gasteiger partial charge in [0.1, 0.15) is 0 Å². The highest BCUT2D eigenvalue weighted by atomic mass is 16.2. The van der Waals surface area contributed by atoms with Crippen molar-refractivity contribution in [2.75, 3.05) is 18.4 Å². The Balaban J connectivity index is 1.96. The van der Waals surface area contributed by atoms with Gasteiger partial charge in [0.15, 0.2) is 0 Å². The van der Waals surface area contributed by atoms with Gasteiger partial charge in [0.2, 0.25) is 0 Å². The summed E-state index contributed by atoms with van der Waals surface area (Å²) in [6.45, 7) is 6.14. The lowest BCUT2D eigenvalue weighted by atomic mass is 9.92. The molecule has 3 nitrogen and oxygen atoms in total. The zero-order valence-electron chi connectivity index (χ0n) is 10.5. The van der Waals surface area contributed by atoms with Crippen molar-refractivity contribution in [2.45, 2.75) is 20.3 Å². The van der Waals surface area contributed by atoms with Crippen molar-refractivity contribution >= 4 is 11.7 Å². The van der Waals surface area contributed by atoms with Crippen molar-refractivity contribution in [3.05, 3.63) is 30.3 Å². The smallest absolute Gasteiger partial charge is 0.321 e. The fraction of sp³-hybridized carbons (Fsp3) is 0.500. The molecule has 0 bridgehead atoms. The third-order valence-electron chi connectivity index (χ3n) is 3.18. The van der Waals surface area contributed by atoms with Crippen LogP contribution in [0.5, 0.6) is 0 Å². The number of nitrogens with one attached hydrogen (secondary N) is 1. The van der Waals surface area contributed by atoms with E-state index in [4.69, 9.17) is 0 Å². The van der Waals surface area contributed by atoms with Crippen LogP contribution in [0.25, 0.3) is 0 Å². The summed E-state index contributed by atoms with van der Waals surface area (Å²) in [5.74, 6) is 1.19. The van der Waals surface area contributed by atoms with Crippen molar-refractivity contribution in [3.8, 4) is 0 Å². The van der Waals surface area contributed by atoms with Crippen LogP contribution < -0.4 is 5.32 Å². The SMILES string of the molecule is CC1CC(C)CN(C(=O)Nc2ccccc2)C1. The average Bonchev–Trinajstić information content (AvgIpc) is 2.29. The number of anilines is 1. The van der Waals surface area contributed by atoms with Gasteiger partial charge in [-0.3, -0.25) is 0 Å². The minimum atomic E-state index is 0.0228. The monoisotopic (exact) mass is 232 g/mol. The van der Waals surface area contributed by atoms with Gasteiger partial charge in [0.05, 0.1) is 0 Å². The van der Waals surface area contributed by atoms with E-state index in [1.165, 1.54) is 6.42 Å². The largest absolute Gasteiger partial charge is 0.324 e. The van der Waals surface area contributed by atoms with Crippen molar-refractivity contribution in [1.29, 1.82) is 0 Å². The number of amides is 2. The second-order valence-corrected chi connectivity index (χ2v) is 5.15. The molecule has 2 atom stereocenters. The number of urea groups is 1. The fourth-order valence-corrected chi connectivity index (χ4v) is 2.55. The maximum absolute atomic E-state index is 12.1. The molecule has 1 aromatic carbocycles. The molecule has 0 saturated carbocycles. The molecule has 17 heavy (non-hydrogen) atoms. The van der Waals surface area contributed by atoms with Gasteiger partial charge in [0, 0.05) is 18.8 Å². The number of hydrogen-bond acceptors (Lipinski definition) is 1. The molecule has 1 aliphatic rings. The quantitative estimate of drug-likeness (QED) is 0.792. The van der Waals surface area contributed by atoms with Crippen LogP contribution in [-0.2, 0) is 0 Å². The predicted molar refractivity (Wildman–Crippen MR) is 70.0 cm³/mol. The Morgan fingerprint density at radius 2 is 1.76 bits per heavy atom. The fourth-order valence-electron chi connectivity index (χ4n) is 2.55. The summed E-state index contributed by atoms with van der Waals surface area (Å²) in [5, 5.41) is 2.94. The van der Waals surface area contributed by atoms with Crippen LogP contribution >= 0.6 is 0 Å². The highest BCUT2D eigenvalue weighted by Crippen LogP contribution is 2.21. The minimum Gasteiger partial charge on any atom is -0.324 e. The molecule has 1 saturated heterocycles. The summed E-state index contributed by atoms with van der Waals surface area (Å²) in [6, 6.07) is 9.65. The molecule has 1 N–H and O–H groups in total. The topological polar surface area (TPSA) is 32.3 Å². The van der Waals surface area contributed by atoms with E-state index in [1.807, 2.05) is 35.2 Å². The summed E-state index contributed by atoms with van der Waals surface area (Å²) in [4.78, 5) is 14.0. The average molecular weight is 232 g/mol.